The Balaban J connectivity index is 3.02. The zero-order chi connectivity index (χ0) is 15.4. The first-order valence-electron chi connectivity index (χ1n) is 5.25. The SMILES string of the molecule is CCOC(=O)NS(=O)(=O)Nc1ccccc1S(N)(=O)=O. The molecule has 20 heavy (non-hydrogen) atoms. The van der Waals surface area contributed by atoms with Gasteiger partial charge in [0.05, 0.1) is 12.3 Å². The van der Waals surface area contributed by atoms with Crippen LogP contribution in [0.2, 0.25) is 0 Å². The molecule has 0 saturated heterocycles. The average Bonchev–Trinajstić information content (AvgIpc) is 2.26. The number of carbonyl (C=O) groups excluding carboxylic acids is 1. The molecule has 112 valence electrons. The third-order valence-corrected chi connectivity index (χ3v) is 3.82. The van der Waals surface area contributed by atoms with Crippen LogP contribution in [0.3, 0.4) is 0 Å². The highest BCUT2D eigenvalue weighted by Gasteiger charge is 2.20. The van der Waals surface area contributed by atoms with E-state index in [0.717, 1.165) is 6.07 Å². The standard InChI is InChI=1S/C9H13N3O6S2/c1-2-18-9(13)12-20(16,17)11-7-5-3-4-6-8(7)19(10,14)15/h3-6,11H,2H2,1H3,(H,12,13)(H2,10,14,15). The normalized spacial score (nSPS) is 11.7. The van der Waals surface area contributed by atoms with Crippen molar-refractivity contribution < 1.29 is 26.4 Å². The second-order valence-electron chi connectivity index (χ2n) is 3.47. The van der Waals surface area contributed by atoms with E-state index >= 15 is 0 Å². The van der Waals surface area contributed by atoms with Gasteiger partial charge in [0.2, 0.25) is 10.0 Å². The number of carbonyl (C=O) groups is 1. The molecule has 4 N–H and O–H groups in total. The molecule has 1 aromatic carbocycles. The summed E-state index contributed by atoms with van der Waals surface area (Å²) in [6, 6.07) is 5.08. The zero-order valence-electron chi connectivity index (χ0n) is 10.4. The quantitative estimate of drug-likeness (QED) is 0.680. The summed E-state index contributed by atoms with van der Waals surface area (Å²) < 4.78 is 53.6. The maximum Gasteiger partial charge on any atom is 0.422 e. The Morgan fingerprint density at radius 3 is 2.40 bits per heavy atom. The monoisotopic (exact) mass is 323 g/mol. The van der Waals surface area contributed by atoms with Crippen LogP contribution in [0.15, 0.2) is 29.2 Å². The van der Waals surface area contributed by atoms with Gasteiger partial charge in [0.25, 0.3) is 0 Å². The van der Waals surface area contributed by atoms with Crippen molar-refractivity contribution in [2.24, 2.45) is 5.14 Å². The molecule has 0 heterocycles. The Morgan fingerprint density at radius 2 is 1.85 bits per heavy atom. The molecule has 0 unspecified atom stereocenters. The predicted molar refractivity (Wildman–Crippen MR) is 70.5 cm³/mol. The number of rotatable bonds is 5. The molecule has 1 aromatic rings. The number of anilines is 1. The second-order valence-corrected chi connectivity index (χ2v) is 6.41. The van der Waals surface area contributed by atoms with Gasteiger partial charge in [-0.3, -0.25) is 4.72 Å². The van der Waals surface area contributed by atoms with E-state index in [1.54, 1.807) is 4.72 Å². The third kappa shape index (κ3) is 4.68. The summed E-state index contributed by atoms with van der Waals surface area (Å²) in [5.41, 5.74) is -0.285. The molecule has 1 rings (SSSR count). The van der Waals surface area contributed by atoms with E-state index in [9.17, 15) is 21.6 Å². The summed E-state index contributed by atoms with van der Waals surface area (Å²) in [6.07, 6.45) is -1.19. The van der Waals surface area contributed by atoms with Crippen LogP contribution in [-0.4, -0.2) is 29.5 Å². The summed E-state index contributed by atoms with van der Waals surface area (Å²) in [5.74, 6) is 0. The van der Waals surface area contributed by atoms with Gasteiger partial charge in [-0.1, -0.05) is 12.1 Å². The molecule has 0 bridgehead atoms. The largest absolute Gasteiger partial charge is 0.449 e. The molecule has 9 nitrogen and oxygen atoms in total. The minimum atomic E-state index is -4.33. The van der Waals surface area contributed by atoms with Crippen LogP contribution < -0.4 is 14.6 Å². The minimum absolute atomic E-state index is 0.0187. The molecular weight excluding hydrogens is 310 g/mol. The highest BCUT2D eigenvalue weighted by molar-refractivity contribution is 7.91. The van der Waals surface area contributed by atoms with Gasteiger partial charge in [0.15, 0.2) is 0 Å². The van der Waals surface area contributed by atoms with Gasteiger partial charge >= 0.3 is 16.3 Å². The molecule has 0 saturated carbocycles. The van der Waals surface area contributed by atoms with E-state index in [0.29, 0.717) is 0 Å². The highest BCUT2D eigenvalue weighted by Crippen LogP contribution is 2.19. The van der Waals surface area contributed by atoms with E-state index in [-0.39, 0.29) is 12.3 Å². The Hall–Kier alpha value is -1.85. The molecule has 11 heteroatoms. The lowest BCUT2D eigenvalue weighted by Gasteiger charge is -2.11. The minimum Gasteiger partial charge on any atom is -0.449 e. The predicted octanol–water partition coefficient (Wildman–Crippen LogP) is -0.263. The number of ether oxygens (including phenoxy) is 1. The summed E-state index contributed by atoms with van der Waals surface area (Å²) in [4.78, 5) is 10.6. The van der Waals surface area contributed by atoms with Gasteiger partial charge in [0.1, 0.15) is 4.90 Å². The molecule has 0 aliphatic rings. The first kappa shape index (κ1) is 16.2. The van der Waals surface area contributed by atoms with Crippen LogP contribution in [0.1, 0.15) is 6.92 Å². The average molecular weight is 323 g/mol. The first-order chi connectivity index (χ1) is 9.15. The van der Waals surface area contributed by atoms with Crippen molar-refractivity contribution in [1.82, 2.24) is 4.72 Å². The number of benzene rings is 1. The summed E-state index contributed by atoms with van der Waals surface area (Å²) in [6.45, 7) is 1.48. The van der Waals surface area contributed by atoms with E-state index in [4.69, 9.17) is 5.14 Å². The molecule has 0 aromatic heterocycles. The summed E-state index contributed by atoms with van der Waals surface area (Å²) >= 11 is 0. The van der Waals surface area contributed by atoms with Crippen LogP contribution in [0, 0.1) is 0 Å². The molecule has 0 aliphatic heterocycles. The van der Waals surface area contributed by atoms with Crippen molar-refractivity contribution in [3.05, 3.63) is 24.3 Å². The third-order valence-electron chi connectivity index (χ3n) is 1.93. The smallest absolute Gasteiger partial charge is 0.422 e. The van der Waals surface area contributed by atoms with Crippen LogP contribution >= 0.6 is 0 Å². The second kappa shape index (κ2) is 6.07. The van der Waals surface area contributed by atoms with Crippen molar-refractivity contribution in [3.8, 4) is 0 Å². The van der Waals surface area contributed by atoms with Crippen LogP contribution in [0.4, 0.5) is 10.5 Å². The first-order valence-corrected chi connectivity index (χ1v) is 8.28. The van der Waals surface area contributed by atoms with Crippen LogP contribution in [0.5, 0.6) is 0 Å². The Kier molecular flexibility index (Phi) is 4.92. The van der Waals surface area contributed by atoms with E-state index < -0.39 is 31.2 Å². The number of hydrogen-bond acceptors (Lipinski definition) is 6. The molecular formula is C9H13N3O6S2. The summed E-state index contributed by atoms with van der Waals surface area (Å²) in [7, 11) is -8.45. The maximum atomic E-state index is 11.6. The topological polar surface area (TPSA) is 145 Å². The van der Waals surface area contributed by atoms with E-state index in [1.165, 1.54) is 25.1 Å². The van der Waals surface area contributed by atoms with Gasteiger partial charge in [-0.05, 0) is 19.1 Å². The van der Waals surface area contributed by atoms with Crippen LogP contribution in [-0.2, 0) is 25.0 Å². The summed E-state index contributed by atoms with van der Waals surface area (Å²) in [5, 5.41) is 4.95. The molecule has 0 aliphatic carbocycles. The number of sulfonamides is 1. The molecule has 0 spiro atoms. The van der Waals surface area contributed by atoms with Gasteiger partial charge in [0, 0.05) is 0 Å². The van der Waals surface area contributed by atoms with Gasteiger partial charge in [-0.2, -0.15) is 8.42 Å². The fraction of sp³-hybridized carbons (Fsp3) is 0.222. The number of para-hydroxylation sites is 1. The highest BCUT2D eigenvalue weighted by atomic mass is 32.2. The Bertz CT molecular complexity index is 698. The van der Waals surface area contributed by atoms with E-state index in [2.05, 4.69) is 4.74 Å². The van der Waals surface area contributed by atoms with Crippen LogP contribution in [0.25, 0.3) is 0 Å². The molecule has 0 fully saturated rings. The Labute approximate surface area is 116 Å². The van der Waals surface area contributed by atoms with Gasteiger partial charge in [-0.15, -0.1) is 0 Å². The van der Waals surface area contributed by atoms with E-state index in [1.807, 2.05) is 4.72 Å². The number of nitrogens with one attached hydrogen (secondary N) is 2. The van der Waals surface area contributed by atoms with Crippen molar-refractivity contribution in [1.29, 1.82) is 0 Å². The van der Waals surface area contributed by atoms with Gasteiger partial charge in [-0.25, -0.2) is 23.1 Å². The lowest BCUT2D eigenvalue weighted by molar-refractivity contribution is 0.159. The number of nitrogens with two attached hydrogens (primary N) is 1. The lowest BCUT2D eigenvalue weighted by Crippen LogP contribution is -2.36. The van der Waals surface area contributed by atoms with Gasteiger partial charge < -0.3 is 4.74 Å². The zero-order valence-corrected chi connectivity index (χ0v) is 12.0. The van der Waals surface area contributed by atoms with Crippen molar-refractivity contribution in [2.45, 2.75) is 11.8 Å². The molecule has 0 atom stereocenters. The number of primary sulfonamides is 1. The number of hydrogen-bond donors (Lipinski definition) is 3. The van der Waals surface area contributed by atoms with Crippen molar-refractivity contribution in [3.63, 3.8) is 0 Å². The fourth-order valence-corrected chi connectivity index (χ4v) is 2.79. The lowest BCUT2D eigenvalue weighted by atomic mass is 10.3. The molecule has 0 radical (unpaired) electrons. The molecule has 1 amide bonds. The van der Waals surface area contributed by atoms with Crippen molar-refractivity contribution >= 4 is 32.0 Å². The fourth-order valence-electron chi connectivity index (χ4n) is 1.24. The maximum absolute atomic E-state index is 11.6. The Morgan fingerprint density at radius 1 is 1.25 bits per heavy atom. The van der Waals surface area contributed by atoms with Crippen molar-refractivity contribution in [2.75, 3.05) is 11.3 Å². The number of amides is 1.